The van der Waals surface area contributed by atoms with Gasteiger partial charge in [0, 0.05) is 7.05 Å². The highest BCUT2D eigenvalue weighted by molar-refractivity contribution is 5.95. The number of halogens is 1. The Labute approximate surface area is 151 Å². The maximum atomic E-state index is 13.1. The Bertz CT molecular complexity index is 891. The number of carbonyl (C=O) groups is 1. The van der Waals surface area contributed by atoms with Crippen molar-refractivity contribution in [2.75, 3.05) is 14.2 Å². The molecule has 0 aliphatic heterocycles. The zero-order valence-electron chi connectivity index (χ0n) is 14.9. The van der Waals surface area contributed by atoms with E-state index in [4.69, 9.17) is 4.74 Å². The Morgan fingerprint density at radius 3 is 2.42 bits per heavy atom. The highest BCUT2D eigenvalue weighted by atomic mass is 19.1. The van der Waals surface area contributed by atoms with Crippen LogP contribution in [0.2, 0.25) is 0 Å². The minimum absolute atomic E-state index is 0.229. The smallest absolute Gasteiger partial charge is 0.278 e. The highest BCUT2D eigenvalue weighted by Gasteiger charge is 2.25. The SMILES string of the molecule is COc1cn(-c2ccccc2)nc1C(=O)N(C)[C@@H](C)c1ccc(F)cc1. The van der Waals surface area contributed by atoms with Crippen LogP contribution in [-0.4, -0.2) is 34.7 Å². The summed E-state index contributed by atoms with van der Waals surface area (Å²) in [5, 5.41) is 4.40. The number of carbonyl (C=O) groups excluding carboxylic acids is 1. The summed E-state index contributed by atoms with van der Waals surface area (Å²) in [4.78, 5) is 14.5. The van der Waals surface area contributed by atoms with E-state index < -0.39 is 0 Å². The van der Waals surface area contributed by atoms with Crippen LogP contribution in [0.5, 0.6) is 5.75 Å². The molecule has 0 fully saturated rings. The van der Waals surface area contributed by atoms with Crippen molar-refractivity contribution in [2.24, 2.45) is 0 Å². The second-order valence-electron chi connectivity index (χ2n) is 5.97. The number of amides is 1. The summed E-state index contributed by atoms with van der Waals surface area (Å²) in [6, 6.07) is 15.4. The Kier molecular flexibility index (Phi) is 5.02. The van der Waals surface area contributed by atoms with Crippen LogP contribution in [0, 0.1) is 5.82 Å². The summed E-state index contributed by atoms with van der Waals surface area (Å²) in [7, 11) is 3.20. The fourth-order valence-electron chi connectivity index (χ4n) is 2.68. The van der Waals surface area contributed by atoms with Gasteiger partial charge in [-0.25, -0.2) is 9.07 Å². The Morgan fingerprint density at radius 1 is 1.15 bits per heavy atom. The predicted molar refractivity (Wildman–Crippen MR) is 97.0 cm³/mol. The summed E-state index contributed by atoms with van der Waals surface area (Å²) in [6.45, 7) is 1.88. The molecule has 26 heavy (non-hydrogen) atoms. The van der Waals surface area contributed by atoms with Crippen molar-refractivity contribution >= 4 is 5.91 Å². The van der Waals surface area contributed by atoms with Gasteiger partial charge >= 0.3 is 0 Å². The second kappa shape index (κ2) is 7.39. The Balaban J connectivity index is 1.89. The third kappa shape index (κ3) is 3.44. The van der Waals surface area contributed by atoms with Crippen LogP contribution in [0.15, 0.2) is 60.8 Å². The van der Waals surface area contributed by atoms with Crippen LogP contribution in [0.4, 0.5) is 4.39 Å². The van der Waals surface area contributed by atoms with Gasteiger partial charge in [0.1, 0.15) is 5.82 Å². The largest absolute Gasteiger partial charge is 0.493 e. The lowest BCUT2D eigenvalue weighted by Crippen LogP contribution is -2.30. The molecule has 0 spiro atoms. The third-order valence-electron chi connectivity index (χ3n) is 4.38. The number of hydrogen-bond acceptors (Lipinski definition) is 3. The lowest BCUT2D eigenvalue weighted by molar-refractivity contribution is 0.0733. The standard InChI is InChI=1S/C20H20FN3O2/c1-14(15-9-11-16(21)12-10-15)23(2)20(25)19-18(26-3)13-24(22-19)17-7-5-4-6-8-17/h4-14H,1-3H3/t14-/m0/s1. The van der Waals surface area contributed by atoms with E-state index >= 15 is 0 Å². The van der Waals surface area contributed by atoms with E-state index in [2.05, 4.69) is 5.10 Å². The van der Waals surface area contributed by atoms with Gasteiger partial charge in [-0.05, 0) is 36.8 Å². The van der Waals surface area contributed by atoms with Crippen LogP contribution in [0.3, 0.4) is 0 Å². The monoisotopic (exact) mass is 353 g/mol. The molecule has 0 saturated carbocycles. The molecule has 2 aromatic carbocycles. The van der Waals surface area contributed by atoms with Gasteiger partial charge in [0.15, 0.2) is 11.4 Å². The quantitative estimate of drug-likeness (QED) is 0.700. The second-order valence-corrected chi connectivity index (χ2v) is 5.97. The average molecular weight is 353 g/mol. The summed E-state index contributed by atoms with van der Waals surface area (Å²) in [5.74, 6) is -0.177. The minimum atomic E-state index is -0.307. The number of ether oxygens (including phenoxy) is 1. The van der Waals surface area contributed by atoms with Crippen molar-refractivity contribution in [3.63, 3.8) is 0 Å². The molecule has 0 radical (unpaired) electrons. The van der Waals surface area contributed by atoms with E-state index in [1.807, 2.05) is 37.3 Å². The van der Waals surface area contributed by atoms with Gasteiger partial charge < -0.3 is 9.64 Å². The molecular formula is C20H20FN3O2. The van der Waals surface area contributed by atoms with Crippen molar-refractivity contribution in [1.29, 1.82) is 0 Å². The lowest BCUT2D eigenvalue weighted by Gasteiger charge is -2.24. The van der Waals surface area contributed by atoms with E-state index in [0.29, 0.717) is 5.75 Å². The number of benzene rings is 2. The zero-order valence-corrected chi connectivity index (χ0v) is 14.9. The molecule has 0 N–H and O–H groups in total. The van der Waals surface area contributed by atoms with E-state index in [9.17, 15) is 9.18 Å². The molecule has 0 saturated heterocycles. The molecule has 5 nitrogen and oxygen atoms in total. The molecule has 0 aliphatic carbocycles. The summed E-state index contributed by atoms with van der Waals surface area (Å²) in [5.41, 5.74) is 1.90. The number of aromatic nitrogens is 2. The Morgan fingerprint density at radius 2 is 1.81 bits per heavy atom. The summed E-state index contributed by atoms with van der Waals surface area (Å²) >= 11 is 0. The van der Waals surface area contributed by atoms with Crippen molar-refractivity contribution in [1.82, 2.24) is 14.7 Å². The topological polar surface area (TPSA) is 47.4 Å². The first-order chi connectivity index (χ1) is 12.5. The first-order valence-electron chi connectivity index (χ1n) is 8.23. The predicted octanol–water partition coefficient (Wildman–Crippen LogP) is 3.85. The fourth-order valence-corrected chi connectivity index (χ4v) is 2.68. The van der Waals surface area contributed by atoms with E-state index in [-0.39, 0.29) is 23.5 Å². The van der Waals surface area contributed by atoms with Crippen molar-refractivity contribution < 1.29 is 13.9 Å². The summed E-state index contributed by atoms with van der Waals surface area (Å²) < 4.78 is 20.1. The van der Waals surface area contributed by atoms with Crippen LogP contribution in [0.1, 0.15) is 29.0 Å². The maximum Gasteiger partial charge on any atom is 0.278 e. The molecule has 0 bridgehead atoms. The number of nitrogens with zero attached hydrogens (tertiary/aromatic N) is 3. The summed E-state index contributed by atoms with van der Waals surface area (Å²) in [6.07, 6.45) is 1.68. The van der Waals surface area contributed by atoms with Gasteiger partial charge in [0.05, 0.1) is 25.0 Å². The van der Waals surface area contributed by atoms with Crippen molar-refractivity contribution in [3.8, 4) is 11.4 Å². The Hall–Kier alpha value is -3.15. The van der Waals surface area contributed by atoms with Gasteiger partial charge in [0.2, 0.25) is 0 Å². The first-order valence-corrected chi connectivity index (χ1v) is 8.23. The van der Waals surface area contributed by atoms with E-state index in [1.54, 1.807) is 35.0 Å². The van der Waals surface area contributed by atoms with E-state index in [0.717, 1.165) is 11.3 Å². The van der Waals surface area contributed by atoms with Crippen molar-refractivity contribution in [3.05, 3.63) is 77.9 Å². The fraction of sp³-hybridized carbons (Fsp3) is 0.200. The van der Waals surface area contributed by atoms with Gasteiger partial charge in [-0.3, -0.25) is 4.79 Å². The molecule has 1 heterocycles. The van der Waals surface area contributed by atoms with Crippen LogP contribution >= 0.6 is 0 Å². The lowest BCUT2D eigenvalue weighted by atomic mass is 10.1. The van der Waals surface area contributed by atoms with Gasteiger partial charge in [-0.15, -0.1) is 0 Å². The molecule has 1 atom stereocenters. The molecule has 134 valence electrons. The number of methoxy groups -OCH3 is 1. The molecule has 6 heteroatoms. The first kappa shape index (κ1) is 17.7. The van der Waals surface area contributed by atoms with E-state index in [1.165, 1.54) is 19.2 Å². The molecule has 0 aliphatic rings. The van der Waals surface area contributed by atoms with Crippen molar-refractivity contribution in [2.45, 2.75) is 13.0 Å². The average Bonchev–Trinajstić information content (AvgIpc) is 3.12. The molecular weight excluding hydrogens is 333 g/mol. The van der Waals surface area contributed by atoms with Gasteiger partial charge in [0.25, 0.3) is 5.91 Å². The maximum absolute atomic E-state index is 13.1. The number of hydrogen-bond donors (Lipinski definition) is 0. The molecule has 3 aromatic rings. The normalized spacial score (nSPS) is 11.8. The molecule has 1 aromatic heterocycles. The minimum Gasteiger partial charge on any atom is -0.493 e. The highest BCUT2D eigenvalue weighted by Crippen LogP contribution is 2.25. The third-order valence-corrected chi connectivity index (χ3v) is 4.38. The number of para-hydroxylation sites is 1. The van der Waals surface area contributed by atoms with Crippen LogP contribution in [0.25, 0.3) is 5.69 Å². The molecule has 1 amide bonds. The van der Waals surface area contributed by atoms with Gasteiger partial charge in [-0.2, -0.15) is 5.10 Å². The van der Waals surface area contributed by atoms with Crippen LogP contribution in [-0.2, 0) is 0 Å². The van der Waals surface area contributed by atoms with Crippen LogP contribution < -0.4 is 4.74 Å². The van der Waals surface area contributed by atoms with Gasteiger partial charge in [-0.1, -0.05) is 30.3 Å². The molecule has 3 rings (SSSR count). The zero-order chi connectivity index (χ0) is 18.7. The molecule has 0 unspecified atom stereocenters. The number of rotatable bonds is 5.